The Labute approximate surface area is 170 Å². The van der Waals surface area contributed by atoms with Gasteiger partial charge in [0.25, 0.3) is 0 Å². The number of aromatic nitrogens is 2. The van der Waals surface area contributed by atoms with E-state index in [1.807, 2.05) is 25.2 Å². The number of aryl methyl sites for hydroxylation is 1. The second kappa shape index (κ2) is 9.98. The highest BCUT2D eigenvalue weighted by atomic mass is 19.1. The van der Waals surface area contributed by atoms with E-state index in [0.717, 1.165) is 61.3 Å². The summed E-state index contributed by atoms with van der Waals surface area (Å²) in [5.41, 5.74) is 3.94. The van der Waals surface area contributed by atoms with E-state index >= 15 is 0 Å². The number of carbonyl (C=O) groups is 1. The number of aromatic amines is 1. The van der Waals surface area contributed by atoms with Gasteiger partial charge in [-0.1, -0.05) is 30.7 Å². The van der Waals surface area contributed by atoms with Crippen molar-refractivity contribution in [3.05, 3.63) is 77.2 Å². The van der Waals surface area contributed by atoms with Crippen molar-refractivity contribution in [1.29, 1.82) is 0 Å². The van der Waals surface area contributed by atoms with Crippen LogP contribution in [0.1, 0.15) is 40.9 Å². The summed E-state index contributed by atoms with van der Waals surface area (Å²) in [6.07, 6.45) is 4.12. The Morgan fingerprint density at radius 2 is 1.93 bits per heavy atom. The van der Waals surface area contributed by atoms with Gasteiger partial charge in [-0.25, -0.2) is 9.18 Å². The molecule has 0 aliphatic rings. The molecule has 0 amide bonds. The van der Waals surface area contributed by atoms with E-state index in [1.165, 1.54) is 12.1 Å². The van der Waals surface area contributed by atoms with Crippen LogP contribution in [0.2, 0.25) is 0 Å². The number of carboxylic acids is 1. The molecule has 0 aliphatic carbocycles. The molecule has 0 unspecified atom stereocenters. The van der Waals surface area contributed by atoms with Crippen LogP contribution in [0.5, 0.6) is 0 Å². The van der Waals surface area contributed by atoms with Crippen molar-refractivity contribution >= 4 is 5.97 Å². The van der Waals surface area contributed by atoms with Gasteiger partial charge in [0.15, 0.2) is 0 Å². The van der Waals surface area contributed by atoms with E-state index in [2.05, 4.69) is 15.1 Å². The van der Waals surface area contributed by atoms with Gasteiger partial charge in [-0.2, -0.15) is 5.10 Å². The first kappa shape index (κ1) is 20.7. The number of H-pyrrole nitrogens is 1. The molecule has 5 nitrogen and oxygen atoms in total. The zero-order valence-corrected chi connectivity index (χ0v) is 16.6. The van der Waals surface area contributed by atoms with Gasteiger partial charge in [-0.05, 0) is 68.8 Å². The summed E-state index contributed by atoms with van der Waals surface area (Å²) in [6, 6.07) is 15.5. The number of hydrogen-bond donors (Lipinski definition) is 2. The fourth-order valence-corrected chi connectivity index (χ4v) is 3.35. The Morgan fingerprint density at radius 1 is 1.10 bits per heavy atom. The average Bonchev–Trinajstić information content (AvgIpc) is 3.17. The number of hydrogen-bond acceptors (Lipinski definition) is 3. The number of halogens is 1. The van der Waals surface area contributed by atoms with Crippen LogP contribution in [-0.4, -0.2) is 39.8 Å². The maximum absolute atomic E-state index is 13.3. The molecule has 0 fully saturated rings. The van der Waals surface area contributed by atoms with Crippen molar-refractivity contribution in [3.63, 3.8) is 0 Å². The van der Waals surface area contributed by atoms with Crippen LogP contribution < -0.4 is 0 Å². The lowest BCUT2D eigenvalue weighted by atomic mass is 10.1. The highest BCUT2D eigenvalue weighted by molar-refractivity contribution is 5.87. The van der Waals surface area contributed by atoms with Crippen LogP contribution in [0.3, 0.4) is 0 Å². The SMILES string of the molecule is CN(CCCCCc1cc(-c2cccc(F)c2)n[nH]1)Cc1cccc(C(=O)O)c1. The summed E-state index contributed by atoms with van der Waals surface area (Å²) in [5.74, 6) is -1.15. The molecular formula is C23H26FN3O2. The molecule has 0 radical (unpaired) electrons. The Kier molecular flexibility index (Phi) is 7.14. The fraction of sp³-hybridized carbons (Fsp3) is 0.304. The fourth-order valence-electron chi connectivity index (χ4n) is 3.35. The summed E-state index contributed by atoms with van der Waals surface area (Å²) in [6.45, 7) is 1.69. The summed E-state index contributed by atoms with van der Waals surface area (Å²) in [5, 5.41) is 16.4. The predicted molar refractivity (Wildman–Crippen MR) is 111 cm³/mol. The van der Waals surface area contributed by atoms with Crippen molar-refractivity contribution in [2.24, 2.45) is 0 Å². The Balaban J connectivity index is 1.38. The van der Waals surface area contributed by atoms with E-state index in [1.54, 1.807) is 24.3 Å². The van der Waals surface area contributed by atoms with Gasteiger partial charge in [-0.15, -0.1) is 0 Å². The lowest BCUT2D eigenvalue weighted by Gasteiger charge is -2.16. The predicted octanol–water partition coefficient (Wildman–Crippen LogP) is 4.76. The molecule has 3 rings (SSSR count). The van der Waals surface area contributed by atoms with Crippen LogP contribution in [0.15, 0.2) is 54.6 Å². The average molecular weight is 395 g/mol. The number of aromatic carboxylic acids is 1. The molecule has 1 heterocycles. The Hall–Kier alpha value is -2.99. The third kappa shape index (κ3) is 6.26. The maximum Gasteiger partial charge on any atom is 0.335 e. The second-order valence-electron chi connectivity index (χ2n) is 7.34. The Morgan fingerprint density at radius 3 is 2.72 bits per heavy atom. The first-order valence-corrected chi connectivity index (χ1v) is 9.82. The molecular weight excluding hydrogens is 369 g/mol. The Bertz CT molecular complexity index is 955. The van der Waals surface area contributed by atoms with Crippen LogP contribution >= 0.6 is 0 Å². The van der Waals surface area contributed by atoms with Gasteiger partial charge in [0.1, 0.15) is 5.82 Å². The van der Waals surface area contributed by atoms with Gasteiger partial charge < -0.3 is 10.0 Å². The van der Waals surface area contributed by atoms with Crippen LogP contribution in [0.4, 0.5) is 4.39 Å². The standard InChI is InChI=1S/C23H26FN3O2/c1-27(16-17-7-5-9-19(13-17)23(28)29)12-4-2-3-11-21-15-22(26-25-21)18-8-6-10-20(24)14-18/h5-10,13-15H,2-4,11-12,16H2,1H3,(H,25,26)(H,28,29). The topological polar surface area (TPSA) is 69.2 Å². The summed E-state index contributed by atoms with van der Waals surface area (Å²) in [4.78, 5) is 13.3. The molecule has 0 saturated heterocycles. The number of nitrogens with one attached hydrogen (secondary N) is 1. The van der Waals surface area contributed by atoms with Gasteiger partial charge in [0.05, 0.1) is 11.3 Å². The summed E-state index contributed by atoms with van der Waals surface area (Å²) in [7, 11) is 2.05. The highest BCUT2D eigenvalue weighted by Gasteiger charge is 2.07. The van der Waals surface area contributed by atoms with Crippen molar-refractivity contribution in [2.45, 2.75) is 32.2 Å². The largest absolute Gasteiger partial charge is 0.478 e. The molecule has 2 aromatic carbocycles. The van der Waals surface area contributed by atoms with Crippen LogP contribution in [0, 0.1) is 5.82 Å². The zero-order valence-electron chi connectivity index (χ0n) is 16.6. The number of rotatable bonds is 10. The first-order chi connectivity index (χ1) is 14.0. The molecule has 0 atom stereocenters. The minimum absolute atomic E-state index is 0.258. The van der Waals surface area contributed by atoms with Gasteiger partial charge >= 0.3 is 5.97 Å². The summed E-state index contributed by atoms with van der Waals surface area (Å²) < 4.78 is 13.3. The maximum atomic E-state index is 13.3. The van der Waals surface area contributed by atoms with Crippen molar-refractivity contribution in [3.8, 4) is 11.3 Å². The zero-order chi connectivity index (χ0) is 20.6. The molecule has 2 N–H and O–H groups in total. The normalized spacial score (nSPS) is 11.1. The minimum atomic E-state index is -0.895. The number of unbranched alkanes of at least 4 members (excludes halogenated alkanes) is 2. The lowest BCUT2D eigenvalue weighted by Crippen LogP contribution is -2.19. The molecule has 29 heavy (non-hydrogen) atoms. The van der Waals surface area contributed by atoms with E-state index in [4.69, 9.17) is 5.11 Å². The smallest absolute Gasteiger partial charge is 0.335 e. The van der Waals surface area contributed by atoms with Crippen molar-refractivity contribution < 1.29 is 14.3 Å². The van der Waals surface area contributed by atoms with Gasteiger partial charge in [0.2, 0.25) is 0 Å². The molecule has 0 aliphatic heterocycles. The number of carboxylic acid groups (broad SMARTS) is 1. The summed E-state index contributed by atoms with van der Waals surface area (Å²) >= 11 is 0. The van der Waals surface area contributed by atoms with E-state index in [0.29, 0.717) is 5.56 Å². The van der Waals surface area contributed by atoms with Crippen LogP contribution in [0.25, 0.3) is 11.3 Å². The van der Waals surface area contributed by atoms with Crippen molar-refractivity contribution in [1.82, 2.24) is 15.1 Å². The quantitative estimate of drug-likeness (QED) is 0.486. The second-order valence-corrected chi connectivity index (χ2v) is 7.34. The van der Waals surface area contributed by atoms with Gasteiger partial charge in [0, 0.05) is 17.8 Å². The molecule has 0 spiro atoms. The monoisotopic (exact) mass is 395 g/mol. The molecule has 1 aromatic heterocycles. The van der Waals surface area contributed by atoms with Gasteiger partial charge in [-0.3, -0.25) is 5.10 Å². The lowest BCUT2D eigenvalue weighted by molar-refractivity contribution is 0.0696. The highest BCUT2D eigenvalue weighted by Crippen LogP contribution is 2.19. The van der Waals surface area contributed by atoms with E-state index < -0.39 is 5.97 Å². The third-order valence-electron chi connectivity index (χ3n) is 4.86. The molecule has 6 heteroatoms. The third-order valence-corrected chi connectivity index (χ3v) is 4.86. The first-order valence-electron chi connectivity index (χ1n) is 9.82. The van der Waals surface area contributed by atoms with Crippen molar-refractivity contribution in [2.75, 3.05) is 13.6 Å². The van der Waals surface area contributed by atoms with E-state index in [9.17, 15) is 9.18 Å². The minimum Gasteiger partial charge on any atom is -0.478 e. The molecule has 152 valence electrons. The molecule has 0 bridgehead atoms. The van der Waals surface area contributed by atoms with Crippen LogP contribution in [-0.2, 0) is 13.0 Å². The molecule has 0 saturated carbocycles. The number of nitrogens with zero attached hydrogens (tertiary/aromatic N) is 2. The molecule has 3 aromatic rings. The van der Waals surface area contributed by atoms with E-state index in [-0.39, 0.29) is 5.82 Å². The number of benzene rings is 2.